The monoisotopic (exact) mass is 295 g/mol. The Morgan fingerprint density at radius 2 is 1.86 bits per heavy atom. The average molecular weight is 295 g/mol. The van der Waals surface area contributed by atoms with Gasteiger partial charge in [-0.15, -0.1) is 0 Å². The van der Waals surface area contributed by atoms with Crippen molar-refractivity contribution in [2.24, 2.45) is 11.3 Å². The summed E-state index contributed by atoms with van der Waals surface area (Å²) in [5.41, 5.74) is -0.337. The maximum atomic E-state index is 11.9. The SMILES string of the molecule is CNC(=O)C(C)(C)CNC1CCCCC1C1CCCCN1. The van der Waals surface area contributed by atoms with Crippen molar-refractivity contribution in [3.05, 3.63) is 0 Å². The molecule has 4 heteroatoms. The predicted octanol–water partition coefficient (Wildman–Crippen LogP) is 2.05. The molecule has 0 aromatic rings. The van der Waals surface area contributed by atoms with Crippen molar-refractivity contribution >= 4 is 5.91 Å². The van der Waals surface area contributed by atoms with E-state index in [1.165, 1.54) is 51.5 Å². The topological polar surface area (TPSA) is 53.2 Å². The van der Waals surface area contributed by atoms with E-state index < -0.39 is 0 Å². The van der Waals surface area contributed by atoms with Gasteiger partial charge in [0.1, 0.15) is 0 Å². The first-order valence-corrected chi connectivity index (χ1v) is 8.73. The van der Waals surface area contributed by atoms with Gasteiger partial charge in [0.05, 0.1) is 5.41 Å². The van der Waals surface area contributed by atoms with E-state index in [0.29, 0.717) is 12.1 Å². The highest BCUT2D eigenvalue weighted by molar-refractivity contribution is 5.81. The fourth-order valence-electron chi connectivity index (χ4n) is 3.94. The van der Waals surface area contributed by atoms with Crippen molar-refractivity contribution < 1.29 is 4.79 Å². The normalized spacial score (nSPS) is 30.9. The summed E-state index contributed by atoms with van der Waals surface area (Å²) in [6.07, 6.45) is 9.28. The second-order valence-electron chi connectivity index (χ2n) is 7.46. The predicted molar refractivity (Wildman–Crippen MR) is 87.2 cm³/mol. The average Bonchev–Trinajstić information content (AvgIpc) is 2.53. The summed E-state index contributed by atoms with van der Waals surface area (Å²) in [5.74, 6) is 0.859. The van der Waals surface area contributed by atoms with Crippen LogP contribution >= 0.6 is 0 Å². The molecule has 3 atom stereocenters. The lowest BCUT2D eigenvalue weighted by Gasteiger charge is -2.41. The van der Waals surface area contributed by atoms with E-state index >= 15 is 0 Å². The molecule has 3 N–H and O–H groups in total. The molecule has 1 aliphatic heterocycles. The number of amides is 1. The van der Waals surface area contributed by atoms with Gasteiger partial charge < -0.3 is 16.0 Å². The van der Waals surface area contributed by atoms with Gasteiger partial charge in [0.15, 0.2) is 0 Å². The number of rotatable bonds is 5. The molecule has 0 bridgehead atoms. The van der Waals surface area contributed by atoms with Gasteiger partial charge >= 0.3 is 0 Å². The van der Waals surface area contributed by atoms with E-state index in [-0.39, 0.29) is 11.3 Å². The minimum absolute atomic E-state index is 0.123. The molecule has 2 fully saturated rings. The van der Waals surface area contributed by atoms with Crippen LogP contribution in [0.2, 0.25) is 0 Å². The summed E-state index contributed by atoms with van der Waals surface area (Å²) in [5, 5.41) is 10.2. The van der Waals surface area contributed by atoms with Gasteiger partial charge in [0.2, 0.25) is 5.91 Å². The molecular formula is C17H33N3O. The highest BCUT2D eigenvalue weighted by Gasteiger charge is 2.34. The lowest BCUT2D eigenvalue weighted by molar-refractivity contribution is -0.128. The Bertz CT molecular complexity index is 337. The molecule has 0 spiro atoms. The van der Waals surface area contributed by atoms with E-state index in [0.717, 1.165) is 12.5 Å². The molecule has 0 aromatic heterocycles. The third-order valence-corrected chi connectivity index (χ3v) is 5.33. The van der Waals surface area contributed by atoms with E-state index in [9.17, 15) is 4.79 Å². The lowest BCUT2D eigenvalue weighted by atomic mass is 9.77. The molecule has 1 heterocycles. The molecule has 122 valence electrons. The molecule has 3 unspecified atom stereocenters. The third-order valence-electron chi connectivity index (χ3n) is 5.33. The van der Waals surface area contributed by atoms with Crippen LogP contribution in [0.25, 0.3) is 0 Å². The van der Waals surface area contributed by atoms with Gasteiger partial charge in [0.25, 0.3) is 0 Å². The Hall–Kier alpha value is -0.610. The summed E-state index contributed by atoms with van der Waals surface area (Å²) < 4.78 is 0. The maximum Gasteiger partial charge on any atom is 0.226 e. The summed E-state index contributed by atoms with van der Waals surface area (Å²) >= 11 is 0. The minimum atomic E-state index is -0.337. The third kappa shape index (κ3) is 4.43. The van der Waals surface area contributed by atoms with Crippen LogP contribution in [0.15, 0.2) is 0 Å². The fraction of sp³-hybridized carbons (Fsp3) is 0.941. The standard InChI is InChI=1S/C17H33N3O/c1-17(2,16(21)18-3)12-20-15-9-5-4-8-13(15)14-10-6-7-11-19-14/h13-15,19-20H,4-12H2,1-3H3,(H,18,21). The van der Waals surface area contributed by atoms with Crippen LogP contribution in [-0.4, -0.2) is 38.1 Å². The molecule has 2 aliphatic rings. The van der Waals surface area contributed by atoms with E-state index in [1.54, 1.807) is 7.05 Å². The second kappa shape index (κ2) is 7.59. The molecule has 4 nitrogen and oxygen atoms in total. The number of hydrogen-bond acceptors (Lipinski definition) is 3. The highest BCUT2D eigenvalue weighted by Crippen LogP contribution is 2.31. The van der Waals surface area contributed by atoms with Crippen molar-refractivity contribution in [1.29, 1.82) is 0 Å². The zero-order chi connectivity index (χ0) is 15.3. The van der Waals surface area contributed by atoms with Crippen LogP contribution < -0.4 is 16.0 Å². The first-order valence-electron chi connectivity index (χ1n) is 8.73. The van der Waals surface area contributed by atoms with Gasteiger partial charge in [-0.3, -0.25) is 4.79 Å². The molecule has 1 saturated carbocycles. The smallest absolute Gasteiger partial charge is 0.226 e. The number of piperidine rings is 1. The Labute approximate surface area is 129 Å². The Morgan fingerprint density at radius 3 is 2.52 bits per heavy atom. The molecular weight excluding hydrogens is 262 g/mol. The first-order chi connectivity index (χ1) is 10.0. The van der Waals surface area contributed by atoms with Gasteiger partial charge in [-0.2, -0.15) is 0 Å². The molecule has 21 heavy (non-hydrogen) atoms. The lowest BCUT2D eigenvalue weighted by Crippen LogP contribution is -2.53. The largest absolute Gasteiger partial charge is 0.359 e. The van der Waals surface area contributed by atoms with Gasteiger partial charge in [-0.25, -0.2) is 0 Å². The minimum Gasteiger partial charge on any atom is -0.359 e. The summed E-state index contributed by atoms with van der Waals surface area (Å²) in [6.45, 7) is 5.99. The molecule has 1 saturated heterocycles. The van der Waals surface area contributed by atoms with Crippen LogP contribution in [0.5, 0.6) is 0 Å². The zero-order valence-electron chi connectivity index (χ0n) is 14.0. The molecule has 1 aliphatic carbocycles. The Morgan fingerprint density at radius 1 is 1.14 bits per heavy atom. The van der Waals surface area contributed by atoms with Gasteiger partial charge in [-0.05, 0) is 52.0 Å². The van der Waals surface area contributed by atoms with Crippen molar-refractivity contribution in [2.75, 3.05) is 20.1 Å². The summed E-state index contributed by atoms with van der Waals surface area (Å²) in [6, 6.07) is 1.25. The van der Waals surface area contributed by atoms with E-state index in [4.69, 9.17) is 0 Å². The summed E-state index contributed by atoms with van der Waals surface area (Å²) in [7, 11) is 1.72. The van der Waals surface area contributed by atoms with Crippen LogP contribution in [-0.2, 0) is 4.79 Å². The summed E-state index contributed by atoms with van der Waals surface area (Å²) in [4.78, 5) is 11.9. The van der Waals surface area contributed by atoms with Gasteiger partial charge in [0, 0.05) is 25.7 Å². The number of carbonyl (C=O) groups is 1. The molecule has 0 radical (unpaired) electrons. The van der Waals surface area contributed by atoms with Crippen molar-refractivity contribution in [3.8, 4) is 0 Å². The van der Waals surface area contributed by atoms with Crippen molar-refractivity contribution in [3.63, 3.8) is 0 Å². The number of hydrogen-bond donors (Lipinski definition) is 3. The van der Waals surface area contributed by atoms with Gasteiger partial charge in [-0.1, -0.05) is 19.3 Å². The molecule has 1 amide bonds. The zero-order valence-corrected chi connectivity index (χ0v) is 14.0. The van der Waals surface area contributed by atoms with Crippen LogP contribution in [0, 0.1) is 11.3 Å². The first kappa shape index (κ1) is 16.8. The number of nitrogens with one attached hydrogen (secondary N) is 3. The highest BCUT2D eigenvalue weighted by atomic mass is 16.2. The fourth-order valence-corrected chi connectivity index (χ4v) is 3.94. The molecule has 2 rings (SSSR count). The van der Waals surface area contributed by atoms with E-state index in [2.05, 4.69) is 16.0 Å². The Kier molecular flexibility index (Phi) is 6.06. The maximum absolute atomic E-state index is 11.9. The van der Waals surface area contributed by atoms with E-state index in [1.807, 2.05) is 13.8 Å². The van der Waals surface area contributed by atoms with Crippen molar-refractivity contribution in [1.82, 2.24) is 16.0 Å². The van der Waals surface area contributed by atoms with Crippen molar-refractivity contribution in [2.45, 2.75) is 70.9 Å². The van der Waals surface area contributed by atoms with Crippen LogP contribution in [0.1, 0.15) is 58.8 Å². The Balaban J connectivity index is 1.91. The number of carbonyl (C=O) groups excluding carboxylic acids is 1. The van der Waals surface area contributed by atoms with Crippen LogP contribution in [0.3, 0.4) is 0 Å². The quantitative estimate of drug-likeness (QED) is 0.727. The second-order valence-corrected chi connectivity index (χ2v) is 7.46. The molecule has 0 aromatic carbocycles. The van der Waals surface area contributed by atoms with Crippen LogP contribution in [0.4, 0.5) is 0 Å².